The van der Waals surface area contributed by atoms with E-state index in [0.29, 0.717) is 13.0 Å². The Balaban J connectivity index is 3.58. The lowest BCUT2D eigenvalue weighted by molar-refractivity contribution is -0.154. The van der Waals surface area contributed by atoms with Crippen LogP contribution in [0.4, 0.5) is 0 Å². The maximum atomic E-state index is 12.1. The standard InChI is InChI=1S/C46H76O4/c1-3-5-7-9-11-13-15-17-18-19-20-21-22-23-24-25-26-27-28-29-30-32-34-36-38-40-42-49-44-45(43-47)50-46(48)41-39-37-35-33-31-16-14-12-10-8-6-4-2/h5,7,11-14,17-18,20-21,23-24,26-27,29-30,45,47H,3-4,6,8-10,15-16,19,22,25,28,31-44H2,1-2H3/b7-5-,13-11-,14-12-,18-17-,21-20-,24-23-,27-26-,30-29-. The highest BCUT2D eigenvalue weighted by atomic mass is 16.6. The van der Waals surface area contributed by atoms with Gasteiger partial charge in [-0.2, -0.15) is 0 Å². The van der Waals surface area contributed by atoms with Gasteiger partial charge in [-0.25, -0.2) is 0 Å². The van der Waals surface area contributed by atoms with Crippen LogP contribution in [0.3, 0.4) is 0 Å². The number of unbranched alkanes of at least 4 members (excludes halogenated alkanes) is 12. The van der Waals surface area contributed by atoms with Crippen molar-refractivity contribution in [3.05, 3.63) is 97.2 Å². The van der Waals surface area contributed by atoms with E-state index in [4.69, 9.17) is 9.47 Å². The topological polar surface area (TPSA) is 55.8 Å². The molecule has 284 valence electrons. The molecule has 0 aromatic heterocycles. The average Bonchev–Trinajstić information content (AvgIpc) is 3.12. The molecule has 4 nitrogen and oxygen atoms in total. The van der Waals surface area contributed by atoms with Crippen molar-refractivity contribution >= 4 is 5.97 Å². The first-order chi connectivity index (χ1) is 24.7. The van der Waals surface area contributed by atoms with Gasteiger partial charge in [-0.15, -0.1) is 0 Å². The third-order valence-electron chi connectivity index (χ3n) is 8.14. The lowest BCUT2D eigenvalue weighted by Crippen LogP contribution is -2.27. The summed E-state index contributed by atoms with van der Waals surface area (Å²) in [6.45, 7) is 5.12. The maximum absolute atomic E-state index is 12.1. The second kappa shape index (κ2) is 42.5. The molecule has 4 heteroatoms. The van der Waals surface area contributed by atoms with Crippen LogP contribution in [-0.4, -0.2) is 37.0 Å². The summed E-state index contributed by atoms with van der Waals surface area (Å²) in [6.07, 6.45) is 60.3. The van der Waals surface area contributed by atoms with Crippen LogP contribution in [0.25, 0.3) is 0 Å². The molecule has 0 fully saturated rings. The number of carbonyl (C=O) groups is 1. The molecule has 0 saturated heterocycles. The van der Waals surface area contributed by atoms with Crippen LogP contribution in [0, 0.1) is 0 Å². The van der Waals surface area contributed by atoms with E-state index in [0.717, 1.165) is 89.9 Å². The highest BCUT2D eigenvalue weighted by Crippen LogP contribution is 2.10. The first-order valence-electron chi connectivity index (χ1n) is 20.3. The molecule has 0 aromatic carbocycles. The van der Waals surface area contributed by atoms with Crippen molar-refractivity contribution < 1.29 is 19.4 Å². The van der Waals surface area contributed by atoms with E-state index in [1.165, 1.54) is 51.4 Å². The number of hydrogen-bond acceptors (Lipinski definition) is 4. The van der Waals surface area contributed by atoms with Gasteiger partial charge in [-0.05, 0) is 96.3 Å². The third kappa shape index (κ3) is 39.7. The van der Waals surface area contributed by atoms with Crippen LogP contribution in [0.5, 0.6) is 0 Å². The van der Waals surface area contributed by atoms with E-state index in [-0.39, 0.29) is 19.2 Å². The fraction of sp³-hybridized carbons (Fsp3) is 0.630. The summed E-state index contributed by atoms with van der Waals surface area (Å²) in [5.41, 5.74) is 0. The molecule has 0 radical (unpaired) electrons. The Labute approximate surface area is 309 Å². The van der Waals surface area contributed by atoms with Gasteiger partial charge in [-0.3, -0.25) is 4.79 Å². The van der Waals surface area contributed by atoms with Gasteiger partial charge in [0.05, 0.1) is 13.2 Å². The van der Waals surface area contributed by atoms with E-state index in [1.807, 2.05) is 0 Å². The zero-order chi connectivity index (χ0) is 36.3. The predicted molar refractivity (Wildman–Crippen MR) is 218 cm³/mol. The molecule has 50 heavy (non-hydrogen) atoms. The first kappa shape index (κ1) is 47.3. The van der Waals surface area contributed by atoms with Gasteiger partial charge in [-0.1, -0.05) is 156 Å². The van der Waals surface area contributed by atoms with Crippen LogP contribution < -0.4 is 0 Å². The van der Waals surface area contributed by atoms with Gasteiger partial charge in [0.25, 0.3) is 0 Å². The van der Waals surface area contributed by atoms with Crippen LogP contribution in [-0.2, 0) is 14.3 Å². The van der Waals surface area contributed by atoms with Crippen molar-refractivity contribution in [3.63, 3.8) is 0 Å². The minimum atomic E-state index is -0.557. The van der Waals surface area contributed by atoms with Crippen LogP contribution in [0.15, 0.2) is 97.2 Å². The minimum absolute atomic E-state index is 0.192. The monoisotopic (exact) mass is 693 g/mol. The Morgan fingerprint density at radius 1 is 0.500 bits per heavy atom. The minimum Gasteiger partial charge on any atom is -0.457 e. The Bertz CT molecular complexity index is 949. The number of rotatable bonds is 36. The summed E-state index contributed by atoms with van der Waals surface area (Å²) in [5.74, 6) is -0.225. The van der Waals surface area contributed by atoms with Crippen LogP contribution in [0.1, 0.15) is 162 Å². The van der Waals surface area contributed by atoms with Gasteiger partial charge in [0, 0.05) is 13.0 Å². The van der Waals surface area contributed by atoms with Gasteiger partial charge in [0.15, 0.2) is 0 Å². The molecule has 0 saturated carbocycles. The molecule has 0 aliphatic rings. The Hall–Kier alpha value is -2.69. The zero-order valence-electron chi connectivity index (χ0n) is 32.4. The summed E-state index contributed by atoms with van der Waals surface area (Å²) in [6, 6.07) is 0. The highest BCUT2D eigenvalue weighted by Gasteiger charge is 2.13. The molecule has 1 unspecified atom stereocenters. The number of aliphatic hydroxyl groups excluding tert-OH is 1. The number of ether oxygens (including phenoxy) is 2. The lowest BCUT2D eigenvalue weighted by atomic mass is 10.1. The van der Waals surface area contributed by atoms with Crippen molar-refractivity contribution in [2.75, 3.05) is 19.8 Å². The summed E-state index contributed by atoms with van der Waals surface area (Å²) in [5, 5.41) is 9.57. The van der Waals surface area contributed by atoms with Crippen molar-refractivity contribution in [1.29, 1.82) is 0 Å². The molecule has 0 rings (SSSR count). The number of hydrogen-bond donors (Lipinski definition) is 1. The molecule has 1 N–H and O–H groups in total. The summed E-state index contributed by atoms with van der Waals surface area (Å²) in [4.78, 5) is 12.1. The van der Waals surface area contributed by atoms with Crippen molar-refractivity contribution in [3.8, 4) is 0 Å². The Kier molecular flexibility index (Phi) is 40.2. The van der Waals surface area contributed by atoms with Crippen molar-refractivity contribution in [1.82, 2.24) is 0 Å². The smallest absolute Gasteiger partial charge is 0.306 e. The fourth-order valence-corrected chi connectivity index (χ4v) is 5.12. The second-order valence-corrected chi connectivity index (χ2v) is 13.0. The second-order valence-electron chi connectivity index (χ2n) is 13.0. The number of esters is 1. The summed E-state index contributed by atoms with van der Waals surface area (Å²) < 4.78 is 11.1. The molecule has 0 aliphatic heterocycles. The third-order valence-corrected chi connectivity index (χ3v) is 8.14. The van der Waals surface area contributed by atoms with E-state index in [2.05, 4.69) is 111 Å². The van der Waals surface area contributed by atoms with Gasteiger partial charge < -0.3 is 14.6 Å². The zero-order valence-corrected chi connectivity index (χ0v) is 32.4. The number of aliphatic hydroxyl groups is 1. The molecule has 1 atom stereocenters. The number of allylic oxidation sites excluding steroid dienone is 16. The van der Waals surface area contributed by atoms with Crippen LogP contribution in [0.2, 0.25) is 0 Å². The Morgan fingerprint density at radius 2 is 0.900 bits per heavy atom. The molecule has 0 aromatic rings. The molecule has 0 aliphatic carbocycles. The normalized spacial score (nSPS) is 13.4. The molecule has 0 heterocycles. The van der Waals surface area contributed by atoms with E-state index < -0.39 is 6.10 Å². The quantitative estimate of drug-likeness (QED) is 0.0403. The first-order valence-corrected chi connectivity index (χ1v) is 20.3. The van der Waals surface area contributed by atoms with Gasteiger partial charge in [0.1, 0.15) is 6.10 Å². The SMILES string of the molecule is CC/C=C\C/C=C\C/C=C\C/C=C\C/C=C\C/C=C\C/C=C\CCCCCCOCC(CO)OC(=O)CCCCCCC/C=C\CCCCC. The molecular weight excluding hydrogens is 617 g/mol. The fourth-order valence-electron chi connectivity index (χ4n) is 5.12. The molecule has 0 amide bonds. The van der Waals surface area contributed by atoms with E-state index in [9.17, 15) is 9.90 Å². The maximum Gasteiger partial charge on any atom is 0.306 e. The lowest BCUT2D eigenvalue weighted by Gasteiger charge is -2.15. The average molecular weight is 693 g/mol. The van der Waals surface area contributed by atoms with Crippen LogP contribution >= 0.6 is 0 Å². The predicted octanol–water partition coefficient (Wildman–Crippen LogP) is 13.4. The highest BCUT2D eigenvalue weighted by molar-refractivity contribution is 5.69. The van der Waals surface area contributed by atoms with Gasteiger partial charge >= 0.3 is 5.97 Å². The van der Waals surface area contributed by atoms with E-state index in [1.54, 1.807) is 0 Å². The Morgan fingerprint density at radius 3 is 1.38 bits per heavy atom. The van der Waals surface area contributed by atoms with Gasteiger partial charge in [0.2, 0.25) is 0 Å². The van der Waals surface area contributed by atoms with E-state index >= 15 is 0 Å². The largest absolute Gasteiger partial charge is 0.457 e. The van der Waals surface area contributed by atoms with Crippen molar-refractivity contribution in [2.45, 2.75) is 168 Å². The summed E-state index contributed by atoms with van der Waals surface area (Å²) in [7, 11) is 0. The molecular formula is C46H76O4. The van der Waals surface area contributed by atoms with Crippen molar-refractivity contribution in [2.24, 2.45) is 0 Å². The summed E-state index contributed by atoms with van der Waals surface area (Å²) >= 11 is 0. The molecule has 0 spiro atoms. The molecule has 0 bridgehead atoms. The number of carbonyl (C=O) groups excluding carboxylic acids is 1.